The fraction of sp³-hybridized carbons (Fsp3) is 0.0714. The molecule has 0 aliphatic heterocycles. The molecular weight excluding hydrogens is 329 g/mol. The maximum Gasteiger partial charge on any atom is 0.256 e. The van der Waals surface area contributed by atoms with Gasteiger partial charge in [0, 0.05) is 14.9 Å². The lowest BCUT2D eigenvalue weighted by Crippen LogP contribution is -2.14. The highest BCUT2D eigenvalue weighted by molar-refractivity contribution is 9.10. The van der Waals surface area contributed by atoms with Crippen molar-refractivity contribution in [3.8, 4) is 0 Å². The fourth-order valence-electron chi connectivity index (χ4n) is 1.65. The van der Waals surface area contributed by atoms with Crippen molar-refractivity contribution in [3.05, 3.63) is 57.8 Å². The van der Waals surface area contributed by atoms with Crippen molar-refractivity contribution in [1.82, 2.24) is 0 Å². The molecule has 2 aromatic carbocycles. The lowest BCUT2D eigenvalue weighted by atomic mass is 10.1. The molecule has 1 amide bonds. The van der Waals surface area contributed by atoms with Gasteiger partial charge in [-0.15, -0.1) is 12.6 Å². The Kier molecular flexibility index (Phi) is 4.27. The van der Waals surface area contributed by atoms with Crippen molar-refractivity contribution in [2.24, 2.45) is 0 Å². The van der Waals surface area contributed by atoms with E-state index in [1.165, 1.54) is 6.07 Å². The van der Waals surface area contributed by atoms with Crippen LogP contribution in [-0.2, 0) is 0 Å². The van der Waals surface area contributed by atoms with E-state index in [1.54, 1.807) is 30.3 Å². The van der Waals surface area contributed by atoms with Gasteiger partial charge in [0.25, 0.3) is 5.91 Å². The van der Waals surface area contributed by atoms with E-state index in [0.717, 1.165) is 5.56 Å². The van der Waals surface area contributed by atoms with E-state index in [0.29, 0.717) is 14.9 Å². The predicted molar refractivity (Wildman–Crippen MR) is 80.5 cm³/mol. The molecule has 5 heteroatoms. The smallest absolute Gasteiger partial charge is 0.256 e. The molecule has 0 atom stereocenters. The largest absolute Gasteiger partial charge is 0.319 e. The van der Waals surface area contributed by atoms with Crippen molar-refractivity contribution in [2.45, 2.75) is 11.8 Å². The van der Waals surface area contributed by atoms with Crippen molar-refractivity contribution in [3.63, 3.8) is 0 Å². The number of hydrogen-bond donors (Lipinski definition) is 2. The summed E-state index contributed by atoms with van der Waals surface area (Å²) in [7, 11) is 0. The first-order valence-electron chi connectivity index (χ1n) is 5.54. The fourth-order valence-corrected chi connectivity index (χ4v) is 2.30. The van der Waals surface area contributed by atoms with Crippen LogP contribution in [0.3, 0.4) is 0 Å². The molecule has 0 bridgehead atoms. The molecule has 0 unspecified atom stereocenters. The molecule has 0 aliphatic rings. The third kappa shape index (κ3) is 3.16. The summed E-state index contributed by atoms with van der Waals surface area (Å²) in [5.74, 6) is -0.846. The molecule has 0 radical (unpaired) electrons. The van der Waals surface area contributed by atoms with Gasteiger partial charge in [-0.25, -0.2) is 4.39 Å². The van der Waals surface area contributed by atoms with Crippen LogP contribution < -0.4 is 5.32 Å². The van der Waals surface area contributed by atoms with Gasteiger partial charge in [-0.2, -0.15) is 0 Å². The van der Waals surface area contributed by atoms with Gasteiger partial charge < -0.3 is 5.32 Å². The second-order valence-electron chi connectivity index (χ2n) is 4.05. The second kappa shape index (κ2) is 5.75. The number of hydrogen-bond acceptors (Lipinski definition) is 2. The van der Waals surface area contributed by atoms with Crippen LogP contribution in [0.1, 0.15) is 15.9 Å². The van der Waals surface area contributed by atoms with Gasteiger partial charge in [0.2, 0.25) is 0 Å². The summed E-state index contributed by atoms with van der Waals surface area (Å²) in [5, 5.41) is 2.57. The number of benzene rings is 2. The van der Waals surface area contributed by atoms with Crippen molar-refractivity contribution >= 4 is 40.2 Å². The highest BCUT2D eigenvalue weighted by atomic mass is 79.9. The number of carbonyl (C=O) groups is 1. The summed E-state index contributed by atoms with van der Waals surface area (Å²) in [4.78, 5) is 12.8. The van der Waals surface area contributed by atoms with Gasteiger partial charge in [-0.1, -0.05) is 12.1 Å². The van der Waals surface area contributed by atoms with E-state index >= 15 is 0 Å². The van der Waals surface area contributed by atoms with Gasteiger partial charge >= 0.3 is 0 Å². The molecule has 2 nitrogen and oxygen atoms in total. The second-order valence-corrected chi connectivity index (χ2v) is 5.42. The van der Waals surface area contributed by atoms with E-state index < -0.39 is 5.82 Å². The molecule has 0 saturated carbocycles. The lowest BCUT2D eigenvalue weighted by molar-refractivity contribution is 0.102. The number of thiol groups is 1. The highest BCUT2D eigenvalue weighted by Crippen LogP contribution is 2.26. The molecule has 1 N–H and O–H groups in total. The zero-order chi connectivity index (χ0) is 14.0. The Morgan fingerprint density at radius 3 is 2.74 bits per heavy atom. The van der Waals surface area contributed by atoms with Crippen LogP contribution in [0.25, 0.3) is 0 Å². The van der Waals surface area contributed by atoms with Gasteiger partial charge in [0.05, 0.1) is 5.69 Å². The van der Waals surface area contributed by atoms with E-state index in [2.05, 4.69) is 33.9 Å². The molecule has 2 aromatic rings. The molecule has 0 saturated heterocycles. The third-order valence-corrected chi connectivity index (χ3v) is 3.61. The Balaban J connectivity index is 2.34. The van der Waals surface area contributed by atoms with Crippen molar-refractivity contribution < 1.29 is 9.18 Å². The van der Waals surface area contributed by atoms with Gasteiger partial charge in [0.1, 0.15) is 5.82 Å². The quantitative estimate of drug-likeness (QED) is 0.778. The van der Waals surface area contributed by atoms with Gasteiger partial charge in [-0.3, -0.25) is 4.79 Å². The topological polar surface area (TPSA) is 29.1 Å². The molecule has 19 heavy (non-hydrogen) atoms. The Labute approximate surface area is 124 Å². The van der Waals surface area contributed by atoms with Crippen LogP contribution in [0, 0.1) is 12.7 Å². The number of carbonyl (C=O) groups excluding carboxylic acids is 1. The minimum absolute atomic E-state index is 0.136. The Morgan fingerprint density at radius 1 is 1.32 bits per heavy atom. The van der Waals surface area contributed by atoms with Crippen LogP contribution in [0.2, 0.25) is 0 Å². The molecule has 0 fully saturated rings. The molecule has 98 valence electrons. The minimum Gasteiger partial charge on any atom is -0.319 e. The average Bonchev–Trinajstić information content (AvgIpc) is 2.37. The summed E-state index contributed by atoms with van der Waals surface area (Å²) >= 11 is 7.41. The van der Waals surface area contributed by atoms with Crippen molar-refractivity contribution in [2.75, 3.05) is 5.32 Å². The first-order valence-corrected chi connectivity index (χ1v) is 6.78. The molecule has 0 spiro atoms. The molecule has 0 aromatic heterocycles. The van der Waals surface area contributed by atoms with Crippen LogP contribution in [0.4, 0.5) is 10.1 Å². The highest BCUT2D eigenvalue weighted by Gasteiger charge is 2.14. The number of aryl methyl sites for hydroxylation is 1. The summed E-state index contributed by atoms with van der Waals surface area (Å²) in [6.45, 7) is 1.82. The number of rotatable bonds is 2. The number of halogens is 2. The van der Waals surface area contributed by atoms with Gasteiger partial charge in [0.15, 0.2) is 0 Å². The molecule has 2 rings (SSSR count). The molecule has 0 heterocycles. The van der Waals surface area contributed by atoms with Crippen LogP contribution in [0.15, 0.2) is 45.8 Å². The first-order chi connectivity index (χ1) is 8.99. The predicted octanol–water partition coefficient (Wildman–Crippen LogP) is 4.44. The summed E-state index contributed by atoms with van der Waals surface area (Å²) in [5.41, 5.74) is 1.42. The van der Waals surface area contributed by atoms with E-state index in [9.17, 15) is 9.18 Å². The number of anilines is 1. The first kappa shape index (κ1) is 14.1. The Hall–Kier alpha value is -1.33. The van der Waals surface area contributed by atoms with E-state index in [-0.39, 0.29) is 11.6 Å². The van der Waals surface area contributed by atoms with E-state index in [4.69, 9.17) is 0 Å². The standard InChI is InChI=1S/C14H11BrFNOS/c1-8-5-6-9(19)7-10(8)14(18)17-13-11(15)3-2-4-12(13)16/h2-7,19H,1H3,(H,17,18). The minimum atomic E-state index is -0.484. The lowest BCUT2D eigenvalue weighted by Gasteiger charge is -2.10. The summed E-state index contributed by atoms with van der Waals surface area (Å²) in [6.07, 6.45) is 0. The maximum atomic E-state index is 13.6. The zero-order valence-electron chi connectivity index (χ0n) is 10.1. The van der Waals surface area contributed by atoms with Crippen LogP contribution in [0.5, 0.6) is 0 Å². The third-order valence-electron chi connectivity index (χ3n) is 2.67. The van der Waals surface area contributed by atoms with Crippen molar-refractivity contribution in [1.29, 1.82) is 0 Å². The molecular formula is C14H11BrFNOS. The summed E-state index contributed by atoms with van der Waals surface area (Å²) in [6, 6.07) is 9.78. The Bertz CT molecular complexity index is 625. The molecule has 0 aliphatic carbocycles. The van der Waals surface area contributed by atoms with E-state index in [1.807, 2.05) is 6.92 Å². The monoisotopic (exact) mass is 339 g/mol. The Morgan fingerprint density at radius 2 is 2.05 bits per heavy atom. The number of amides is 1. The SMILES string of the molecule is Cc1ccc(S)cc1C(=O)Nc1c(F)cccc1Br. The normalized spacial score (nSPS) is 10.3. The number of nitrogens with one attached hydrogen (secondary N) is 1. The van der Waals surface area contributed by atoms with Gasteiger partial charge in [-0.05, 0) is 52.7 Å². The van der Waals surface area contributed by atoms with Crippen LogP contribution >= 0.6 is 28.6 Å². The average molecular weight is 340 g/mol. The zero-order valence-corrected chi connectivity index (χ0v) is 12.6. The number of para-hydroxylation sites is 1. The summed E-state index contributed by atoms with van der Waals surface area (Å²) < 4.78 is 14.1. The van der Waals surface area contributed by atoms with Crippen LogP contribution in [-0.4, -0.2) is 5.91 Å². The maximum absolute atomic E-state index is 13.6.